The highest BCUT2D eigenvalue weighted by Crippen LogP contribution is 2.31. The Kier molecular flexibility index (Phi) is 7.54. The molecule has 3 heteroatoms. The molecule has 1 nitrogen and oxygen atoms in total. The number of hydrogen-bond donors (Lipinski definition) is 0. The number of pyridine rings is 1. The summed E-state index contributed by atoms with van der Waals surface area (Å²) < 4.78 is 2.40. The van der Waals surface area contributed by atoms with E-state index in [1.807, 2.05) is 0 Å². The minimum absolute atomic E-state index is 0. The minimum atomic E-state index is 0. The predicted molar refractivity (Wildman–Crippen MR) is 137 cm³/mol. The van der Waals surface area contributed by atoms with Crippen molar-refractivity contribution in [1.29, 1.82) is 0 Å². The maximum atomic E-state index is 3.71. The van der Waals surface area contributed by atoms with Gasteiger partial charge in [0.25, 0.3) is 0 Å². The van der Waals surface area contributed by atoms with Crippen LogP contribution in [-0.4, -0.2) is 0 Å². The second-order valence-electron chi connectivity index (χ2n) is 7.71. The molecule has 0 saturated heterocycles. The smallest absolute Gasteiger partial charge is 0.219 e. The van der Waals surface area contributed by atoms with Gasteiger partial charge in [0.2, 0.25) is 17.1 Å². The van der Waals surface area contributed by atoms with E-state index >= 15 is 0 Å². The van der Waals surface area contributed by atoms with Gasteiger partial charge in [0.05, 0.1) is 0 Å². The third kappa shape index (κ3) is 4.85. The molecule has 0 fully saturated rings. The lowest BCUT2D eigenvalue weighted by Gasteiger charge is -2.14. The number of rotatable bonds is 5. The summed E-state index contributed by atoms with van der Waals surface area (Å²) in [6.45, 7) is 0. The van der Waals surface area contributed by atoms with E-state index in [0.717, 1.165) is 5.33 Å². The van der Waals surface area contributed by atoms with Crippen molar-refractivity contribution in [3.8, 4) is 39.3 Å². The highest BCUT2D eigenvalue weighted by Gasteiger charge is 2.26. The minimum Gasteiger partial charge on any atom is -1.00 e. The Morgan fingerprint density at radius 2 is 0.909 bits per heavy atom. The molecule has 0 atom stereocenters. The summed E-state index contributed by atoms with van der Waals surface area (Å²) >= 11 is 3.71. The first-order valence-corrected chi connectivity index (χ1v) is 11.9. The van der Waals surface area contributed by atoms with E-state index in [9.17, 15) is 0 Å². The second kappa shape index (κ2) is 10.7. The van der Waals surface area contributed by atoms with Gasteiger partial charge in [-0.15, -0.1) is 0 Å². The fourth-order valence-electron chi connectivity index (χ4n) is 4.14. The standard InChI is InChI=1S/C30H23BrN.BrH/c31-22-26-18-10-11-19-28(26)32-29(24-14-6-2-7-15-24)20-27(23-12-4-1-5-13-23)21-30(32)25-16-8-3-9-17-25;/h1-21H,22H2;1H/q+1;/p-1. The van der Waals surface area contributed by atoms with Crippen molar-refractivity contribution >= 4 is 15.9 Å². The van der Waals surface area contributed by atoms with E-state index < -0.39 is 0 Å². The summed E-state index contributed by atoms with van der Waals surface area (Å²) in [6, 6.07) is 45.1. The molecule has 0 aliphatic carbocycles. The number of halogens is 2. The third-order valence-electron chi connectivity index (χ3n) is 5.69. The van der Waals surface area contributed by atoms with Gasteiger partial charge < -0.3 is 17.0 Å². The van der Waals surface area contributed by atoms with Crippen LogP contribution >= 0.6 is 15.9 Å². The van der Waals surface area contributed by atoms with Crippen molar-refractivity contribution in [2.75, 3.05) is 0 Å². The average Bonchev–Trinajstić information content (AvgIpc) is 2.89. The lowest BCUT2D eigenvalue weighted by Crippen LogP contribution is -3.00. The lowest BCUT2D eigenvalue weighted by molar-refractivity contribution is -0.572. The van der Waals surface area contributed by atoms with E-state index in [0.29, 0.717) is 0 Å². The van der Waals surface area contributed by atoms with Crippen molar-refractivity contribution in [3.63, 3.8) is 0 Å². The quantitative estimate of drug-likeness (QED) is 0.215. The van der Waals surface area contributed by atoms with Crippen LogP contribution in [0.5, 0.6) is 0 Å². The number of hydrogen-bond acceptors (Lipinski definition) is 0. The molecule has 33 heavy (non-hydrogen) atoms. The average molecular weight is 557 g/mol. The maximum absolute atomic E-state index is 3.71. The van der Waals surface area contributed by atoms with E-state index in [1.165, 1.54) is 44.9 Å². The van der Waals surface area contributed by atoms with Gasteiger partial charge >= 0.3 is 0 Å². The lowest BCUT2D eigenvalue weighted by atomic mass is 9.98. The number of para-hydroxylation sites is 1. The van der Waals surface area contributed by atoms with Gasteiger partial charge in [0.1, 0.15) is 0 Å². The molecule has 0 spiro atoms. The maximum Gasteiger partial charge on any atom is 0.219 e. The Morgan fingerprint density at radius 1 is 0.485 bits per heavy atom. The van der Waals surface area contributed by atoms with Crippen molar-refractivity contribution in [1.82, 2.24) is 0 Å². The number of benzene rings is 4. The van der Waals surface area contributed by atoms with Crippen LogP contribution < -0.4 is 21.5 Å². The third-order valence-corrected chi connectivity index (χ3v) is 6.29. The summed E-state index contributed by atoms with van der Waals surface area (Å²) in [6.07, 6.45) is 0. The molecule has 0 radical (unpaired) electrons. The molecule has 1 aromatic heterocycles. The molecule has 0 amide bonds. The SMILES string of the molecule is BrCc1ccccc1-[n+]1c(-c2ccccc2)cc(-c2ccccc2)cc1-c1ccccc1.[Br-]. The molecule has 0 aliphatic heterocycles. The Labute approximate surface area is 214 Å². The van der Waals surface area contributed by atoms with Crippen LogP contribution in [0.3, 0.4) is 0 Å². The van der Waals surface area contributed by atoms with Crippen LogP contribution in [0.25, 0.3) is 39.3 Å². The zero-order valence-electron chi connectivity index (χ0n) is 18.0. The topological polar surface area (TPSA) is 3.88 Å². The summed E-state index contributed by atoms with van der Waals surface area (Å²) in [5.41, 5.74) is 9.55. The van der Waals surface area contributed by atoms with Gasteiger partial charge in [-0.2, -0.15) is 4.57 Å². The zero-order chi connectivity index (χ0) is 21.8. The zero-order valence-corrected chi connectivity index (χ0v) is 21.2. The van der Waals surface area contributed by atoms with Crippen molar-refractivity contribution < 1.29 is 21.5 Å². The molecule has 0 bridgehead atoms. The van der Waals surface area contributed by atoms with Crippen LogP contribution in [0.1, 0.15) is 5.56 Å². The Balaban J connectivity index is 0.00000259. The summed E-state index contributed by atoms with van der Waals surface area (Å²) in [5.74, 6) is 0. The second-order valence-corrected chi connectivity index (χ2v) is 8.27. The first-order valence-electron chi connectivity index (χ1n) is 10.8. The van der Waals surface area contributed by atoms with Crippen LogP contribution in [0, 0.1) is 0 Å². The van der Waals surface area contributed by atoms with Crippen LogP contribution in [0.4, 0.5) is 0 Å². The molecule has 1 heterocycles. The molecule has 162 valence electrons. The summed E-state index contributed by atoms with van der Waals surface area (Å²) in [5, 5.41) is 0.791. The molecule has 0 unspecified atom stereocenters. The van der Waals surface area contributed by atoms with Gasteiger partial charge in [-0.05, 0) is 35.4 Å². The van der Waals surface area contributed by atoms with E-state index in [-0.39, 0.29) is 17.0 Å². The molecular weight excluding hydrogens is 534 g/mol. The Morgan fingerprint density at radius 3 is 1.39 bits per heavy atom. The van der Waals surface area contributed by atoms with Crippen molar-refractivity contribution in [2.45, 2.75) is 5.33 Å². The Bertz CT molecular complexity index is 1270. The summed E-state index contributed by atoms with van der Waals surface area (Å²) in [7, 11) is 0. The molecule has 0 aliphatic rings. The monoisotopic (exact) mass is 555 g/mol. The number of nitrogens with zero attached hydrogens (tertiary/aromatic N) is 1. The highest BCUT2D eigenvalue weighted by atomic mass is 79.9. The van der Waals surface area contributed by atoms with Crippen molar-refractivity contribution in [3.05, 3.63) is 133 Å². The highest BCUT2D eigenvalue weighted by molar-refractivity contribution is 9.08. The normalized spacial score (nSPS) is 10.5. The first kappa shape index (κ1) is 23.2. The van der Waals surface area contributed by atoms with Gasteiger partial charge in [0, 0.05) is 40.2 Å². The number of alkyl halides is 1. The van der Waals surface area contributed by atoms with Gasteiger partial charge in [-0.1, -0.05) is 101 Å². The predicted octanol–water partition coefficient (Wildman–Crippen LogP) is 4.86. The van der Waals surface area contributed by atoms with Gasteiger partial charge in [-0.3, -0.25) is 0 Å². The number of aromatic nitrogens is 1. The van der Waals surface area contributed by atoms with Crippen LogP contribution in [0.15, 0.2) is 127 Å². The van der Waals surface area contributed by atoms with Crippen LogP contribution in [-0.2, 0) is 5.33 Å². The van der Waals surface area contributed by atoms with Gasteiger partial charge in [-0.25, -0.2) is 0 Å². The fraction of sp³-hybridized carbons (Fsp3) is 0.0333. The van der Waals surface area contributed by atoms with E-state index in [2.05, 4.69) is 148 Å². The summed E-state index contributed by atoms with van der Waals surface area (Å²) in [4.78, 5) is 0. The largest absolute Gasteiger partial charge is 1.00 e. The van der Waals surface area contributed by atoms with E-state index in [4.69, 9.17) is 0 Å². The first-order chi connectivity index (χ1) is 15.8. The molecule has 0 saturated carbocycles. The molecule has 0 N–H and O–H groups in total. The molecule has 4 aromatic carbocycles. The van der Waals surface area contributed by atoms with Gasteiger partial charge in [0.15, 0.2) is 0 Å². The van der Waals surface area contributed by atoms with Crippen molar-refractivity contribution in [2.24, 2.45) is 0 Å². The van der Waals surface area contributed by atoms with E-state index in [1.54, 1.807) is 0 Å². The van der Waals surface area contributed by atoms with Crippen LogP contribution in [0.2, 0.25) is 0 Å². The fourth-order valence-corrected chi connectivity index (χ4v) is 4.61. The Hall–Kier alpha value is -3.01. The molecular formula is C30H23Br2N. The molecule has 5 aromatic rings. The molecule has 5 rings (SSSR count).